The van der Waals surface area contributed by atoms with Crippen molar-refractivity contribution in [2.75, 3.05) is 22.9 Å². The summed E-state index contributed by atoms with van der Waals surface area (Å²) in [5.74, 6) is -0.0501. The molecule has 0 saturated carbocycles. The van der Waals surface area contributed by atoms with Crippen molar-refractivity contribution in [1.29, 1.82) is 0 Å². The van der Waals surface area contributed by atoms with Crippen LogP contribution in [0.25, 0.3) is 0 Å². The number of aromatic nitrogens is 1. The summed E-state index contributed by atoms with van der Waals surface area (Å²) in [6.07, 6.45) is 6.80. The second kappa shape index (κ2) is 8.15. The van der Waals surface area contributed by atoms with E-state index in [1.165, 1.54) is 19.3 Å². The van der Waals surface area contributed by atoms with E-state index >= 15 is 0 Å². The van der Waals surface area contributed by atoms with E-state index in [0.29, 0.717) is 18.3 Å². The van der Waals surface area contributed by atoms with E-state index in [9.17, 15) is 4.79 Å². The van der Waals surface area contributed by atoms with Crippen molar-refractivity contribution in [3.05, 3.63) is 54.4 Å². The minimum atomic E-state index is -0.0501. The van der Waals surface area contributed by atoms with Crippen molar-refractivity contribution in [2.24, 2.45) is 0 Å². The number of carbonyl (C=O) groups excluding carboxylic acids is 1. The first kappa shape index (κ1) is 17.5. The topological polar surface area (TPSA) is 36.4 Å². The van der Waals surface area contributed by atoms with Crippen LogP contribution in [-0.4, -0.2) is 30.0 Å². The maximum Gasteiger partial charge on any atom is 0.276 e. The predicted molar refractivity (Wildman–Crippen MR) is 103 cm³/mol. The Bertz CT molecular complexity index is 684. The molecule has 132 valence electrons. The Labute approximate surface area is 150 Å². The highest BCUT2D eigenvalue weighted by Crippen LogP contribution is 2.26. The lowest BCUT2D eigenvalue weighted by Crippen LogP contribution is -2.39. The van der Waals surface area contributed by atoms with Crippen LogP contribution < -0.4 is 9.80 Å². The third-order valence-electron chi connectivity index (χ3n) is 5.03. The number of hydrogen-bond acceptors (Lipinski definition) is 3. The van der Waals surface area contributed by atoms with Crippen LogP contribution >= 0.6 is 0 Å². The Morgan fingerprint density at radius 1 is 1.16 bits per heavy atom. The van der Waals surface area contributed by atoms with Crippen LogP contribution in [-0.2, 0) is 0 Å². The van der Waals surface area contributed by atoms with Crippen LogP contribution in [0, 0.1) is 0 Å². The fourth-order valence-electron chi connectivity index (χ4n) is 3.64. The summed E-state index contributed by atoms with van der Waals surface area (Å²) in [7, 11) is 0. The molecule has 2 heterocycles. The lowest BCUT2D eigenvalue weighted by molar-refractivity contribution is 0.0983. The largest absolute Gasteiger partial charge is 0.367 e. The second-order valence-electron chi connectivity index (χ2n) is 6.54. The summed E-state index contributed by atoms with van der Waals surface area (Å²) in [6, 6.07) is 14.3. The lowest BCUT2D eigenvalue weighted by atomic mass is 9.99. The van der Waals surface area contributed by atoms with Gasteiger partial charge in [-0.1, -0.05) is 25.1 Å². The molecule has 1 saturated heterocycles. The minimum absolute atomic E-state index is 0.0501. The van der Waals surface area contributed by atoms with Gasteiger partial charge in [0.05, 0.1) is 11.9 Å². The molecule has 1 aromatic carbocycles. The van der Waals surface area contributed by atoms with Gasteiger partial charge in [0.15, 0.2) is 0 Å². The molecule has 0 radical (unpaired) electrons. The summed E-state index contributed by atoms with van der Waals surface area (Å²) in [5, 5.41) is 0. The number of amides is 1. The smallest absolute Gasteiger partial charge is 0.276 e. The number of benzene rings is 1. The highest BCUT2D eigenvalue weighted by Gasteiger charge is 2.22. The molecule has 2 aromatic rings. The van der Waals surface area contributed by atoms with Gasteiger partial charge in [-0.25, -0.2) is 4.98 Å². The number of pyridine rings is 1. The third-order valence-corrected chi connectivity index (χ3v) is 5.03. The zero-order valence-corrected chi connectivity index (χ0v) is 15.2. The van der Waals surface area contributed by atoms with Gasteiger partial charge in [0.1, 0.15) is 5.69 Å². The van der Waals surface area contributed by atoms with Gasteiger partial charge in [-0.05, 0) is 56.9 Å². The van der Waals surface area contributed by atoms with E-state index in [2.05, 4.69) is 16.8 Å². The van der Waals surface area contributed by atoms with Crippen molar-refractivity contribution in [3.8, 4) is 0 Å². The van der Waals surface area contributed by atoms with Crippen LogP contribution in [0.5, 0.6) is 0 Å². The summed E-state index contributed by atoms with van der Waals surface area (Å²) in [6.45, 7) is 5.93. The van der Waals surface area contributed by atoms with Crippen LogP contribution in [0.2, 0.25) is 0 Å². The Hall–Kier alpha value is -2.36. The Balaban J connectivity index is 1.78. The third kappa shape index (κ3) is 3.84. The quantitative estimate of drug-likeness (QED) is 0.805. The van der Waals surface area contributed by atoms with Crippen LogP contribution in [0.1, 0.15) is 50.0 Å². The maximum absolute atomic E-state index is 12.8. The Kier molecular flexibility index (Phi) is 5.69. The Morgan fingerprint density at radius 3 is 2.60 bits per heavy atom. The molecule has 3 rings (SSSR count). The van der Waals surface area contributed by atoms with Crippen molar-refractivity contribution >= 4 is 17.3 Å². The zero-order chi connectivity index (χ0) is 17.6. The number of piperidine rings is 1. The molecule has 1 amide bonds. The van der Waals surface area contributed by atoms with E-state index in [1.54, 1.807) is 4.90 Å². The predicted octanol–water partition coefficient (Wildman–Crippen LogP) is 4.52. The molecule has 0 spiro atoms. The molecular formula is C21H27N3O. The minimum Gasteiger partial charge on any atom is -0.367 e. The SMILES string of the molecule is CCC1CCCCN1c1ccc(C(=O)N(CC)c2ccccc2)nc1. The summed E-state index contributed by atoms with van der Waals surface area (Å²) in [4.78, 5) is 21.5. The van der Waals surface area contributed by atoms with Gasteiger partial charge in [-0.2, -0.15) is 0 Å². The first-order valence-corrected chi connectivity index (χ1v) is 9.34. The standard InChI is InChI=1S/C21H27N3O/c1-3-17-10-8-9-15-24(17)19-13-14-20(22-16-19)21(25)23(4-2)18-11-6-5-7-12-18/h5-7,11-14,16-17H,3-4,8-10,15H2,1-2H3. The number of carbonyl (C=O) groups is 1. The van der Waals surface area contributed by atoms with Gasteiger partial charge in [-0.15, -0.1) is 0 Å². The summed E-state index contributed by atoms with van der Waals surface area (Å²) in [5.41, 5.74) is 2.54. The fourth-order valence-corrected chi connectivity index (χ4v) is 3.64. The molecule has 1 fully saturated rings. The second-order valence-corrected chi connectivity index (χ2v) is 6.54. The molecule has 1 unspecified atom stereocenters. The number of para-hydroxylation sites is 1. The van der Waals surface area contributed by atoms with E-state index < -0.39 is 0 Å². The molecule has 25 heavy (non-hydrogen) atoms. The molecule has 1 aromatic heterocycles. The van der Waals surface area contributed by atoms with Gasteiger partial charge in [-0.3, -0.25) is 4.79 Å². The van der Waals surface area contributed by atoms with E-state index in [4.69, 9.17) is 0 Å². The summed E-state index contributed by atoms with van der Waals surface area (Å²) >= 11 is 0. The molecule has 1 aliphatic heterocycles. The molecular weight excluding hydrogens is 310 g/mol. The molecule has 0 aliphatic carbocycles. The number of hydrogen-bond donors (Lipinski definition) is 0. The normalized spacial score (nSPS) is 17.4. The molecule has 1 aliphatic rings. The van der Waals surface area contributed by atoms with Crippen molar-refractivity contribution in [2.45, 2.75) is 45.6 Å². The van der Waals surface area contributed by atoms with Gasteiger partial charge < -0.3 is 9.80 Å². The van der Waals surface area contributed by atoms with Gasteiger partial charge >= 0.3 is 0 Å². The molecule has 0 N–H and O–H groups in total. The van der Waals surface area contributed by atoms with Gasteiger partial charge in [0, 0.05) is 24.8 Å². The number of anilines is 2. The average Bonchev–Trinajstić information content (AvgIpc) is 2.69. The fraction of sp³-hybridized carbons (Fsp3) is 0.429. The van der Waals surface area contributed by atoms with E-state index in [-0.39, 0.29) is 5.91 Å². The molecule has 4 nitrogen and oxygen atoms in total. The monoisotopic (exact) mass is 337 g/mol. The molecule has 1 atom stereocenters. The van der Waals surface area contributed by atoms with Gasteiger partial charge in [0.25, 0.3) is 5.91 Å². The van der Waals surface area contributed by atoms with Crippen molar-refractivity contribution in [3.63, 3.8) is 0 Å². The maximum atomic E-state index is 12.8. The highest BCUT2D eigenvalue weighted by atomic mass is 16.2. The van der Waals surface area contributed by atoms with Crippen molar-refractivity contribution < 1.29 is 4.79 Å². The van der Waals surface area contributed by atoms with Crippen LogP contribution in [0.15, 0.2) is 48.7 Å². The first-order chi connectivity index (χ1) is 12.2. The first-order valence-electron chi connectivity index (χ1n) is 9.34. The molecule has 0 bridgehead atoms. The molecule has 4 heteroatoms. The van der Waals surface area contributed by atoms with Crippen molar-refractivity contribution in [1.82, 2.24) is 4.98 Å². The zero-order valence-electron chi connectivity index (χ0n) is 15.2. The number of rotatable bonds is 5. The Morgan fingerprint density at radius 2 is 1.96 bits per heavy atom. The lowest BCUT2D eigenvalue weighted by Gasteiger charge is -2.37. The number of nitrogens with zero attached hydrogens (tertiary/aromatic N) is 3. The van der Waals surface area contributed by atoms with E-state index in [0.717, 1.165) is 24.3 Å². The highest BCUT2D eigenvalue weighted by molar-refractivity contribution is 6.04. The van der Waals surface area contributed by atoms with Crippen LogP contribution in [0.3, 0.4) is 0 Å². The van der Waals surface area contributed by atoms with Crippen LogP contribution in [0.4, 0.5) is 11.4 Å². The summed E-state index contributed by atoms with van der Waals surface area (Å²) < 4.78 is 0. The van der Waals surface area contributed by atoms with E-state index in [1.807, 2.05) is 55.6 Å². The van der Waals surface area contributed by atoms with Gasteiger partial charge in [0.2, 0.25) is 0 Å². The average molecular weight is 337 g/mol.